The summed E-state index contributed by atoms with van der Waals surface area (Å²) in [6, 6.07) is 9.66. The van der Waals surface area contributed by atoms with Crippen molar-refractivity contribution in [2.24, 2.45) is 0 Å². The highest BCUT2D eigenvalue weighted by Crippen LogP contribution is 2.30. The predicted molar refractivity (Wildman–Crippen MR) is 67.2 cm³/mol. The normalized spacial score (nSPS) is 10.1. The summed E-state index contributed by atoms with van der Waals surface area (Å²) in [5.41, 5.74) is 1.49. The molecule has 1 heterocycles. The lowest BCUT2D eigenvalue weighted by molar-refractivity contribution is 0.340. The fourth-order valence-corrected chi connectivity index (χ4v) is 1.71. The van der Waals surface area contributed by atoms with E-state index in [0.29, 0.717) is 24.0 Å². The van der Waals surface area contributed by atoms with Crippen molar-refractivity contribution in [1.29, 1.82) is 5.26 Å². The SMILES string of the molecule is CCOc1ccccc1-c1nc(CC#N)c(C)o1. The van der Waals surface area contributed by atoms with E-state index in [4.69, 9.17) is 14.4 Å². The van der Waals surface area contributed by atoms with Crippen LogP contribution in [0.5, 0.6) is 5.75 Å². The fraction of sp³-hybridized carbons (Fsp3) is 0.286. The first kappa shape index (κ1) is 12.2. The molecule has 0 radical (unpaired) electrons. The van der Waals surface area contributed by atoms with Crippen LogP contribution >= 0.6 is 0 Å². The zero-order valence-corrected chi connectivity index (χ0v) is 10.4. The first-order chi connectivity index (χ1) is 8.76. The molecule has 2 aromatic rings. The molecular weight excluding hydrogens is 228 g/mol. The average molecular weight is 242 g/mol. The van der Waals surface area contributed by atoms with Gasteiger partial charge in [-0.05, 0) is 26.0 Å². The molecule has 0 aliphatic carbocycles. The number of rotatable bonds is 4. The van der Waals surface area contributed by atoms with Gasteiger partial charge in [0, 0.05) is 0 Å². The molecule has 0 saturated heterocycles. The van der Waals surface area contributed by atoms with Crippen LogP contribution in [0.4, 0.5) is 0 Å². The summed E-state index contributed by atoms with van der Waals surface area (Å²) >= 11 is 0. The zero-order valence-electron chi connectivity index (χ0n) is 10.4. The van der Waals surface area contributed by atoms with E-state index in [1.165, 1.54) is 0 Å². The van der Waals surface area contributed by atoms with Crippen molar-refractivity contribution in [3.63, 3.8) is 0 Å². The van der Waals surface area contributed by atoms with Gasteiger partial charge in [-0.25, -0.2) is 4.98 Å². The molecule has 0 fully saturated rings. The number of oxazole rings is 1. The smallest absolute Gasteiger partial charge is 0.230 e. The Morgan fingerprint density at radius 2 is 2.17 bits per heavy atom. The first-order valence-electron chi connectivity index (χ1n) is 5.81. The standard InChI is InChI=1S/C14H14N2O2/c1-3-17-13-7-5-4-6-11(13)14-16-12(8-9-15)10(2)18-14/h4-7H,3,8H2,1-2H3. The number of nitrogens with zero attached hydrogens (tertiary/aromatic N) is 2. The Kier molecular flexibility index (Phi) is 3.63. The third-order valence-electron chi connectivity index (χ3n) is 2.56. The highest BCUT2D eigenvalue weighted by molar-refractivity contribution is 5.63. The van der Waals surface area contributed by atoms with Crippen molar-refractivity contribution < 1.29 is 9.15 Å². The van der Waals surface area contributed by atoms with Crippen LogP contribution in [0.25, 0.3) is 11.5 Å². The summed E-state index contributed by atoms with van der Waals surface area (Å²) in [6.45, 7) is 4.33. The van der Waals surface area contributed by atoms with Gasteiger partial charge in [-0.2, -0.15) is 5.26 Å². The maximum absolute atomic E-state index is 8.71. The Morgan fingerprint density at radius 3 is 2.89 bits per heavy atom. The molecule has 4 heteroatoms. The first-order valence-corrected chi connectivity index (χ1v) is 5.81. The van der Waals surface area contributed by atoms with Gasteiger partial charge in [-0.1, -0.05) is 12.1 Å². The molecule has 4 nitrogen and oxygen atoms in total. The highest BCUT2D eigenvalue weighted by atomic mass is 16.5. The quantitative estimate of drug-likeness (QED) is 0.826. The third kappa shape index (κ3) is 2.35. The summed E-state index contributed by atoms with van der Waals surface area (Å²) in [5.74, 6) is 1.92. The Bertz CT molecular complexity index is 582. The van der Waals surface area contributed by atoms with Crippen LogP contribution in [0.2, 0.25) is 0 Å². The predicted octanol–water partition coefficient (Wildman–Crippen LogP) is 3.11. The summed E-state index contributed by atoms with van der Waals surface area (Å²) in [7, 11) is 0. The van der Waals surface area contributed by atoms with Gasteiger partial charge < -0.3 is 9.15 Å². The molecule has 0 aliphatic rings. The van der Waals surface area contributed by atoms with Crippen molar-refractivity contribution in [1.82, 2.24) is 4.98 Å². The van der Waals surface area contributed by atoms with Gasteiger partial charge in [0.15, 0.2) is 0 Å². The minimum Gasteiger partial charge on any atom is -0.493 e. The largest absolute Gasteiger partial charge is 0.493 e. The molecule has 92 valence electrons. The van der Waals surface area contributed by atoms with E-state index in [0.717, 1.165) is 11.3 Å². The van der Waals surface area contributed by atoms with Crippen LogP contribution in [-0.2, 0) is 6.42 Å². The highest BCUT2D eigenvalue weighted by Gasteiger charge is 2.14. The van der Waals surface area contributed by atoms with Crippen LogP contribution in [0.15, 0.2) is 28.7 Å². The number of hydrogen-bond acceptors (Lipinski definition) is 4. The summed E-state index contributed by atoms with van der Waals surface area (Å²) < 4.78 is 11.1. The maximum Gasteiger partial charge on any atom is 0.230 e. The summed E-state index contributed by atoms with van der Waals surface area (Å²) in [4.78, 5) is 4.34. The lowest BCUT2D eigenvalue weighted by Crippen LogP contribution is -1.94. The lowest BCUT2D eigenvalue weighted by Gasteiger charge is -2.06. The molecule has 2 rings (SSSR count). The molecule has 0 spiro atoms. The van der Waals surface area contributed by atoms with Crippen LogP contribution in [0.1, 0.15) is 18.4 Å². The summed E-state index contributed by atoms with van der Waals surface area (Å²) in [6.07, 6.45) is 0.256. The number of aryl methyl sites for hydroxylation is 1. The second-order valence-corrected chi connectivity index (χ2v) is 3.79. The molecule has 18 heavy (non-hydrogen) atoms. The van der Waals surface area contributed by atoms with E-state index in [2.05, 4.69) is 11.1 Å². The van der Waals surface area contributed by atoms with E-state index in [1.54, 1.807) is 0 Å². The Morgan fingerprint density at radius 1 is 1.39 bits per heavy atom. The molecule has 0 bridgehead atoms. The van der Waals surface area contributed by atoms with Crippen LogP contribution in [-0.4, -0.2) is 11.6 Å². The average Bonchev–Trinajstić information content (AvgIpc) is 2.73. The van der Waals surface area contributed by atoms with Crippen molar-refractivity contribution in [2.75, 3.05) is 6.61 Å². The zero-order chi connectivity index (χ0) is 13.0. The maximum atomic E-state index is 8.71. The minimum atomic E-state index is 0.256. The minimum absolute atomic E-state index is 0.256. The molecular formula is C14H14N2O2. The van der Waals surface area contributed by atoms with Gasteiger partial charge in [-0.15, -0.1) is 0 Å². The van der Waals surface area contributed by atoms with Gasteiger partial charge in [0.2, 0.25) is 5.89 Å². The number of benzene rings is 1. The summed E-state index contributed by atoms with van der Waals surface area (Å²) in [5, 5.41) is 8.71. The topological polar surface area (TPSA) is 59.0 Å². The second kappa shape index (κ2) is 5.37. The van der Waals surface area contributed by atoms with E-state index in [-0.39, 0.29) is 6.42 Å². The van der Waals surface area contributed by atoms with Crippen LogP contribution in [0, 0.1) is 18.3 Å². The van der Waals surface area contributed by atoms with Crippen LogP contribution in [0.3, 0.4) is 0 Å². The molecule has 1 aromatic heterocycles. The number of nitriles is 1. The van der Waals surface area contributed by atoms with E-state index >= 15 is 0 Å². The number of para-hydroxylation sites is 1. The number of hydrogen-bond donors (Lipinski definition) is 0. The lowest BCUT2D eigenvalue weighted by atomic mass is 10.2. The Labute approximate surface area is 106 Å². The van der Waals surface area contributed by atoms with E-state index in [9.17, 15) is 0 Å². The molecule has 1 aromatic carbocycles. The third-order valence-corrected chi connectivity index (χ3v) is 2.56. The van der Waals surface area contributed by atoms with E-state index in [1.807, 2.05) is 38.1 Å². The van der Waals surface area contributed by atoms with Gasteiger partial charge in [0.25, 0.3) is 0 Å². The number of aromatic nitrogens is 1. The van der Waals surface area contributed by atoms with Gasteiger partial charge in [0.1, 0.15) is 11.5 Å². The molecule has 0 unspecified atom stereocenters. The molecule has 0 aliphatic heterocycles. The monoisotopic (exact) mass is 242 g/mol. The molecule has 0 atom stereocenters. The van der Waals surface area contributed by atoms with Crippen molar-refractivity contribution in [3.05, 3.63) is 35.7 Å². The van der Waals surface area contributed by atoms with Crippen molar-refractivity contribution in [2.45, 2.75) is 20.3 Å². The number of ether oxygens (including phenoxy) is 1. The second-order valence-electron chi connectivity index (χ2n) is 3.79. The fourth-order valence-electron chi connectivity index (χ4n) is 1.71. The Hall–Kier alpha value is -2.28. The Balaban J connectivity index is 2.42. The van der Waals surface area contributed by atoms with Gasteiger partial charge in [0.05, 0.1) is 30.4 Å². The molecule has 0 saturated carbocycles. The molecule has 0 N–H and O–H groups in total. The van der Waals surface area contributed by atoms with Crippen molar-refractivity contribution in [3.8, 4) is 23.3 Å². The molecule has 0 amide bonds. The van der Waals surface area contributed by atoms with Gasteiger partial charge >= 0.3 is 0 Å². The van der Waals surface area contributed by atoms with Crippen molar-refractivity contribution >= 4 is 0 Å². The van der Waals surface area contributed by atoms with Gasteiger partial charge in [-0.3, -0.25) is 0 Å². The van der Waals surface area contributed by atoms with Crippen LogP contribution < -0.4 is 4.74 Å². The van der Waals surface area contributed by atoms with E-state index < -0.39 is 0 Å².